The van der Waals surface area contributed by atoms with Gasteiger partial charge >= 0.3 is 0 Å². The summed E-state index contributed by atoms with van der Waals surface area (Å²) in [5, 5.41) is 3.15. The summed E-state index contributed by atoms with van der Waals surface area (Å²) in [6.07, 6.45) is 11.2. The predicted molar refractivity (Wildman–Crippen MR) is 83.5 cm³/mol. The van der Waals surface area contributed by atoms with Crippen molar-refractivity contribution < 1.29 is 4.79 Å². The quantitative estimate of drug-likeness (QED) is 0.845. The van der Waals surface area contributed by atoms with Crippen LogP contribution in [0.4, 0.5) is 0 Å². The predicted octanol–water partition coefficient (Wildman–Crippen LogP) is 1.14. The van der Waals surface area contributed by atoms with Gasteiger partial charge in [-0.25, -0.2) is 4.98 Å². The first-order valence-corrected chi connectivity index (χ1v) is 7.71. The number of carbonyl (C=O) groups excluding carboxylic acids is 1. The molecule has 3 aliphatic rings. The van der Waals surface area contributed by atoms with Gasteiger partial charge in [-0.2, -0.15) is 0 Å². The number of rotatable bonds is 2. The van der Waals surface area contributed by atoms with Crippen LogP contribution >= 0.6 is 0 Å². The lowest BCUT2D eigenvalue weighted by Crippen LogP contribution is -2.57. The first-order valence-electron chi connectivity index (χ1n) is 7.71. The highest BCUT2D eigenvalue weighted by atomic mass is 16.2. The third-order valence-corrected chi connectivity index (χ3v) is 4.89. The molecular weight excluding hydrogens is 276 g/mol. The summed E-state index contributed by atoms with van der Waals surface area (Å²) < 4.78 is 1.83. The van der Waals surface area contributed by atoms with Crippen molar-refractivity contribution in [1.29, 1.82) is 0 Å². The van der Waals surface area contributed by atoms with E-state index in [0.717, 1.165) is 30.8 Å². The number of piperidine rings is 3. The number of nitrogens with one attached hydrogen (secondary N) is 1. The summed E-state index contributed by atoms with van der Waals surface area (Å²) in [5.41, 5.74) is 2.04. The second kappa shape index (κ2) is 5.15. The van der Waals surface area contributed by atoms with E-state index in [2.05, 4.69) is 21.1 Å². The SMILES string of the molecule is C#Cc1ccc2cnc(C(=O)NC3CN4CCC3CC4)cn12. The van der Waals surface area contributed by atoms with Crippen molar-refractivity contribution in [2.45, 2.75) is 18.9 Å². The maximum Gasteiger partial charge on any atom is 0.271 e. The molecule has 0 aliphatic carbocycles. The third-order valence-electron chi connectivity index (χ3n) is 4.89. The molecule has 1 unspecified atom stereocenters. The van der Waals surface area contributed by atoms with Crippen LogP contribution in [0.2, 0.25) is 0 Å². The molecule has 0 saturated carbocycles. The summed E-state index contributed by atoms with van der Waals surface area (Å²) in [6, 6.07) is 3.99. The van der Waals surface area contributed by atoms with E-state index in [-0.39, 0.29) is 11.9 Å². The number of carbonyl (C=O) groups is 1. The summed E-state index contributed by atoms with van der Waals surface area (Å²) in [4.78, 5) is 19.2. The summed E-state index contributed by atoms with van der Waals surface area (Å²) >= 11 is 0. The van der Waals surface area contributed by atoms with Crippen LogP contribution in [0.25, 0.3) is 5.52 Å². The van der Waals surface area contributed by atoms with Crippen LogP contribution in [0.15, 0.2) is 24.5 Å². The topological polar surface area (TPSA) is 49.6 Å². The van der Waals surface area contributed by atoms with Gasteiger partial charge in [0.25, 0.3) is 5.91 Å². The number of hydrogen-bond acceptors (Lipinski definition) is 3. The second-order valence-electron chi connectivity index (χ2n) is 6.15. The van der Waals surface area contributed by atoms with Crippen LogP contribution < -0.4 is 5.32 Å². The third kappa shape index (κ3) is 2.16. The fourth-order valence-corrected chi connectivity index (χ4v) is 3.61. The van der Waals surface area contributed by atoms with E-state index < -0.39 is 0 Å². The minimum Gasteiger partial charge on any atom is -0.346 e. The van der Waals surface area contributed by atoms with Gasteiger partial charge in [-0.05, 0) is 44.0 Å². The molecule has 0 aromatic carbocycles. The normalized spacial score (nSPS) is 26.8. The molecule has 0 radical (unpaired) electrons. The van der Waals surface area contributed by atoms with Crippen molar-refractivity contribution in [3.8, 4) is 12.3 Å². The fraction of sp³-hybridized carbons (Fsp3) is 0.412. The number of amides is 1. The van der Waals surface area contributed by atoms with E-state index in [1.807, 2.05) is 16.5 Å². The molecule has 1 amide bonds. The molecule has 3 fully saturated rings. The minimum absolute atomic E-state index is 0.114. The number of hydrogen-bond donors (Lipinski definition) is 1. The number of fused-ring (bicyclic) bond motifs is 4. The fourth-order valence-electron chi connectivity index (χ4n) is 3.61. The van der Waals surface area contributed by atoms with E-state index in [0.29, 0.717) is 11.6 Å². The van der Waals surface area contributed by atoms with Crippen molar-refractivity contribution >= 4 is 11.4 Å². The van der Waals surface area contributed by atoms with Gasteiger partial charge in [-0.3, -0.25) is 4.79 Å². The maximum absolute atomic E-state index is 12.5. The molecular formula is C17H18N4O. The minimum atomic E-state index is -0.114. The zero-order valence-corrected chi connectivity index (χ0v) is 12.3. The Bertz CT molecular complexity index is 765. The van der Waals surface area contributed by atoms with Crippen molar-refractivity contribution in [3.63, 3.8) is 0 Å². The highest BCUT2D eigenvalue weighted by molar-refractivity contribution is 5.92. The second-order valence-corrected chi connectivity index (χ2v) is 6.15. The molecule has 5 nitrogen and oxygen atoms in total. The Hall–Kier alpha value is -2.32. The molecule has 3 saturated heterocycles. The van der Waals surface area contributed by atoms with Gasteiger partial charge in [0.15, 0.2) is 0 Å². The van der Waals surface area contributed by atoms with Gasteiger partial charge in [-0.1, -0.05) is 5.92 Å². The molecule has 5 rings (SSSR count). The van der Waals surface area contributed by atoms with E-state index in [9.17, 15) is 4.79 Å². The van der Waals surface area contributed by atoms with E-state index in [4.69, 9.17) is 6.42 Å². The van der Waals surface area contributed by atoms with Gasteiger partial charge in [0.1, 0.15) is 5.69 Å². The Morgan fingerprint density at radius 3 is 2.86 bits per heavy atom. The van der Waals surface area contributed by atoms with Crippen LogP contribution in [0.3, 0.4) is 0 Å². The van der Waals surface area contributed by atoms with Crippen molar-refractivity contribution in [2.24, 2.45) is 5.92 Å². The van der Waals surface area contributed by atoms with Gasteiger partial charge in [-0.15, -0.1) is 6.42 Å². The Labute approximate surface area is 129 Å². The molecule has 2 aromatic heterocycles. The van der Waals surface area contributed by atoms with E-state index >= 15 is 0 Å². The molecule has 0 spiro atoms. The Morgan fingerprint density at radius 1 is 1.36 bits per heavy atom. The first-order chi connectivity index (χ1) is 10.7. The van der Waals surface area contributed by atoms with Gasteiger partial charge in [0.05, 0.1) is 17.4 Å². The average Bonchev–Trinajstić information content (AvgIpc) is 2.98. The highest BCUT2D eigenvalue weighted by Crippen LogP contribution is 2.27. The standard InChI is InChI=1S/C17H18N4O/c1-2-13-3-4-14-9-18-16(11-21(13)14)17(22)19-15-10-20-7-5-12(15)6-8-20/h1,3-4,9,11-12,15H,5-8,10H2,(H,19,22). The molecule has 22 heavy (non-hydrogen) atoms. The van der Waals surface area contributed by atoms with Crippen LogP contribution in [0.5, 0.6) is 0 Å². The molecule has 1 atom stereocenters. The largest absolute Gasteiger partial charge is 0.346 e. The Balaban J connectivity index is 1.56. The lowest BCUT2D eigenvalue weighted by atomic mass is 9.84. The maximum atomic E-state index is 12.5. The summed E-state index contributed by atoms with van der Waals surface area (Å²) in [6.45, 7) is 3.28. The van der Waals surface area contributed by atoms with Crippen LogP contribution in [0, 0.1) is 18.3 Å². The van der Waals surface area contributed by atoms with Crippen LogP contribution in [-0.4, -0.2) is 45.9 Å². The van der Waals surface area contributed by atoms with Crippen molar-refractivity contribution in [3.05, 3.63) is 35.9 Å². The van der Waals surface area contributed by atoms with Crippen molar-refractivity contribution in [2.75, 3.05) is 19.6 Å². The highest BCUT2D eigenvalue weighted by Gasteiger charge is 2.35. The van der Waals surface area contributed by atoms with Gasteiger partial charge in [0.2, 0.25) is 0 Å². The molecule has 112 valence electrons. The van der Waals surface area contributed by atoms with Gasteiger partial charge < -0.3 is 14.6 Å². The first kappa shape index (κ1) is 13.4. The zero-order valence-electron chi connectivity index (χ0n) is 12.3. The van der Waals surface area contributed by atoms with Gasteiger partial charge in [0, 0.05) is 18.8 Å². The lowest BCUT2D eigenvalue weighted by Gasteiger charge is -2.44. The monoisotopic (exact) mass is 294 g/mol. The number of aromatic nitrogens is 2. The van der Waals surface area contributed by atoms with Crippen molar-refractivity contribution in [1.82, 2.24) is 19.6 Å². The lowest BCUT2D eigenvalue weighted by molar-refractivity contribution is 0.0617. The number of terminal acetylenes is 1. The zero-order chi connectivity index (χ0) is 15.1. The molecule has 5 heterocycles. The smallest absolute Gasteiger partial charge is 0.271 e. The van der Waals surface area contributed by atoms with Crippen LogP contribution in [-0.2, 0) is 0 Å². The Kier molecular flexibility index (Phi) is 3.12. The average molecular weight is 294 g/mol. The molecule has 2 aromatic rings. The van der Waals surface area contributed by atoms with E-state index in [1.54, 1.807) is 12.4 Å². The summed E-state index contributed by atoms with van der Waals surface area (Å²) in [5.74, 6) is 3.11. The molecule has 2 bridgehead atoms. The molecule has 3 aliphatic heterocycles. The molecule has 5 heteroatoms. The Morgan fingerprint density at radius 2 is 2.18 bits per heavy atom. The summed E-state index contributed by atoms with van der Waals surface area (Å²) in [7, 11) is 0. The molecule has 1 N–H and O–H groups in total. The number of nitrogens with zero attached hydrogens (tertiary/aromatic N) is 3. The van der Waals surface area contributed by atoms with Crippen LogP contribution in [0.1, 0.15) is 29.0 Å². The van der Waals surface area contributed by atoms with E-state index in [1.165, 1.54) is 12.8 Å².